The molecule has 2 N–H and O–H groups in total. The summed E-state index contributed by atoms with van der Waals surface area (Å²) in [4.78, 5) is 19.1. The van der Waals surface area contributed by atoms with Crippen LogP contribution in [0.3, 0.4) is 0 Å². The van der Waals surface area contributed by atoms with Gasteiger partial charge < -0.3 is 10.1 Å². The molecule has 0 aliphatic carbocycles. The Hall–Kier alpha value is -1.81. The molecule has 4 nitrogen and oxygen atoms in total. The molecular formula is C15H17ClN2O2. The van der Waals surface area contributed by atoms with Crippen LogP contribution in [0, 0.1) is 0 Å². The van der Waals surface area contributed by atoms with Gasteiger partial charge in [0.25, 0.3) is 5.56 Å². The van der Waals surface area contributed by atoms with Gasteiger partial charge in [-0.3, -0.25) is 4.79 Å². The van der Waals surface area contributed by atoms with E-state index in [9.17, 15) is 9.90 Å². The molecule has 1 aromatic heterocycles. The Morgan fingerprint density at radius 2 is 1.95 bits per heavy atom. The van der Waals surface area contributed by atoms with E-state index in [1.54, 1.807) is 24.3 Å². The third kappa shape index (κ3) is 2.70. The van der Waals surface area contributed by atoms with E-state index in [-0.39, 0.29) is 22.9 Å². The predicted molar refractivity (Wildman–Crippen MR) is 80.3 cm³/mol. The zero-order valence-electron chi connectivity index (χ0n) is 11.5. The standard InChI is InChI=1S/C15H17ClN2O2/c1-3-9(4-2)13-17-14(19)12(15(20)18-13)10-7-5-6-8-11(10)16/h5-9H,3-4H2,1-2H3,(H2,17,18,19,20). The molecule has 0 unspecified atom stereocenters. The van der Waals surface area contributed by atoms with Crippen LogP contribution in [-0.4, -0.2) is 15.1 Å². The van der Waals surface area contributed by atoms with Crippen molar-refractivity contribution in [3.63, 3.8) is 0 Å². The minimum absolute atomic E-state index is 0.116. The molecule has 2 aromatic rings. The maximum Gasteiger partial charge on any atom is 0.262 e. The van der Waals surface area contributed by atoms with E-state index in [2.05, 4.69) is 9.97 Å². The molecule has 1 heterocycles. The molecule has 1 aromatic carbocycles. The van der Waals surface area contributed by atoms with E-state index >= 15 is 0 Å². The van der Waals surface area contributed by atoms with Gasteiger partial charge in [0.2, 0.25) is 5.88 Å². The fraction of sp³-hybridized carbons (Fsp3) is 0.333. The number of nitrogens with one attached hydrogen (secondary N) is 1. The van der Waals surface area contributed by atoms with Gasteiger partial charge in [-0.05, 0) is 18.9 Å². The predicted octanol–water partition coefficient (Wildman–Crippen LogP) is 3.70. The lowest BCUT2D eigenvalue weighted by Crippen LogP contribution is -2.16. The summed E-state index contributed by atoms with van der Waals surface area (Å²) in [6.07, 6.45) is 1.70. The van der Waals surface area contributed by atoms with E-state index in [0.29, 0.717) is 16.4 Å². The number of nitrogens with zero attached hydrogens (tertiary/aromatic N) is 1. The molecule has 0 aliphatic rings. The average Bonchev–Trinajstić information content (AvgIpc) is 2.41. The highest BCUT2D eigenvalue weighted by Crippen LogP contribution is 2.31. The summed E-state index contributed by atoms with van der Waals surface area (Å²) in [7, 11) is 0. The normalized spacial score (nSPS) is 11.0. The highest BCUT2D eigenvalue weighted by Gasteiger charge is 2.18. The zero-order chi connectivity index (χ0) is 14.7. The van der Waals surface area contributed by atoms with Gasteiger partial charge in [0.05, 0.1) is 0 Å². The molecule has 0 saturated carbocycles. The molecular weight excluding hydrogens is 276 g/mol. The summed E-state index contributed by atoms with van der Waals surface area (Å²) >= 11 is 6.07. The average molecular weight is 293 g/mol. The molecule has 0 amide bonds. The Morgan fingerprint density at radius 3 is 2.50 bits per heavy atom. The van der Waals surface area contributed by atoms with Crippen LogP contribution in [0.5, 0.6) is 5.88 Å². The first-order chi connectivity index (χ1) is 9.58. The molecule has 0 radical (unpaired) electrons. The number of aromatic nitrogens is 2. The van der Waals surface area contributed by atoms with Crippen molar-refractivity contribution >= 4 is 11.6 Å². The zero-order valence-corrected chi connectivity index (χ0v) is 12.2. The van der Waals surface area contributed by atoms with Crippen molar-refractivity contribution in [2.24, 2.45) is 0 Å². The SMILES string of the molecule is CCC(CC)c1nc(O)c(-c2ccccc2Cl)c(=O)[nH]1. The number of hydrogen-bond donors (Lipinski definition) is 2. The van der Waals surface area contributed by atoms with Crippen LogP contribution < -0.4 is 5.56 Å². The van der Waals surface area contributed by atoms with Crippen molar-refractivity contribution in [3.05, 3.63) is 45.5 Å². The number of aromatic amines is 1. The van der Waals surface area contributed by atoms with Crippen molar-refractivity contribution in [2.45, 2.75) is 32.6 Å². The van der Waals surface area contributed by atoms with Gasteiger partial charge in [0.1, 0.15) is 11.4 Å². The molecule has 0 spiro atoms. The molecule has 0 bridgehead atoms. The van der Waals surface area contributed by atoms with E-state index in [1.807, 2.05) is 13.8 Å². The highest BCUT2D eigenvalue weighted by molar-refractivity contribution is 6.33. The van der Waals surface area contributed by atoms with Crippen molar-refractivity contribution in [1.82, 2.24) is 9.97 Å². The van der Waals surface area contributed by atoms with Gasteiger partial charge in [-0.15, -0.1) is 0 Å². The third-order valence-corrected chi connectivity index (χ3v) is 3.76. The number of benzene rings is 1. The Labute approximate surface area is 122 Å². The molecule has 2 rings (SSSR count). The van der Waals surface area contributed by atoms with Crippen molar-refractivity contribution in [2.75, 3.05) is 0 Å². The monoisotopic (exact) mass is 292 g/mol. The van der Waals surface area contributed by atoms with Crippen molar-refractivity contribution in [3.8, 4) is 17.0 Å². The minimum Gasteiger partial charge on any atom is -0.493 e. The highest BCUT2D eigenvalue weighted by atomic mass is 35.5. The fourth-order valence-electron chi connectivity index (χ4n) is 2.25. The van der Waals surface area contributed by atoms with E-state index < -0.39 is 0 Å². The number of halogens is 1. The first kappa shape index (κ1) is 14.6. The van der Waals surface area contributed by atoms with Crippen LogP contribution in [0.2, 0.25) is 5.02 Å². The topological polar surface area (TPSA) is 66.0 Å². The quantitative estimate of drug-likeness (QED) is 0.903. The summed E-state index contributed by atoms with van der Waals surface area (Å²) in [5, 5.41) is 10.5. The summed E-state index contributed by atoms with van der Waals surface area (Å²) < 4.78 is 0. The second-order valence-corrected chi connectivity index (χ2v) is 5.05. The van der Waals surface area contributed by atoms with Crippen LogP contribution in [0.1, 0.15) is 38.4 Å². The van der Waals surface area contributed by atoms with Gasteiger partial charge in [0.15, 0.2) is 0 Å². The molecule has 0 fully saturated rings. The number of H-pyrrole nitrogens is 1. The molecule has 0 saturated heterocycles. The van der Waals surface area contributed by atoms with Crippen LogP contribution in [-0.2, 0) is 0 Å². The van der Waals surface area contributed by atoms with Crippen LogP contribution >= 0.6 is 11.6 Å². The maximum atomic E-state index is 12.2. The lowest BCUT2D eigenvalue weighted by Gasteiger charge is -2.13. The molecule has 0 aliphatic heterocycles. The number of aromatic hydroxyl groups is 1. The van der Waals surface area contributed by atoms with E-state index in [1.165, 1.54) is 0 Å². The van der Waals surface area contributed by atoms with Gasteiger partial charge in [0, 0.05) is 16.5 Å². The summed E-state index contributed by atoms with van der Waals surface area (Å²) in [5.74, 6) is 0.381. The van der Waals surface area contributed by atoms with Crippen LogP contribution in [0.15, 0.2) is 29.1 Å². The molecule has 106 valence electrons. The second kappa shape index (κ2) is 6.09. The third-order valence-electron chi connectivity index (χ3n) is 3.43. The van der Waals surface area contributed by atoms with Crippen molar-refractivity contribution in [1.29, 1.82) is 0 Å². The lowest BCUT2D eigenvalue weighted by atomic mass is 10.0. The Balaban J connectivity index is 2.58. The number of hydrogen-bond acceptors (Lipinski definition) is 3. The number of rotatable bonds is 4. The molecule has 20 heavy (non-hydrogen) atoms. The summed E-state index contributed by atoms with van der Waals surface area (Å²) in [6.45, 7) is 4.04. The Morgan fingerprint density at radius 1 is 1.30 bits per heavy atom. The molecule has 0 atom stereocenters. The van der Waals surface area contributed by atoms with E-state index in [0.717, 1.165) is 12.8 Å². The first-order valence-corrected chi connectivity index (χ1v) is 7.04. The summed E-state index contributed by atoms with van der Waals surface area (Å²) in [6, 6.07) is 6.88. The minimum atomic E-state index is -0.368. The van der Waals surface area contributed by atoms with Gasteiger partial charge in [-0.25, -0.2) is 0 Å². The first-order valence-electron chi connectivity index (χ1n) is 6.66. The maximum absolute atomic E-state index is 12.2. The van der Waals surface area contributed by atoms with Crippen LogP contribution in [0.4, 0.5) is 0 Å². The largest absolute Gasteiger partial charge is 0.493 e. The van der Waals surface area contributed by atoms with E-state index in [4.69, 9.17) is 11.6 Å². The van der Waals surface area contributed by atoms with Gasteiger partial charge in [-0.2, -0.15) is 4.98 Å². The Bertz CT molecular complexity index is 663. The van der Waals surface area contributed by atoms with Crippen molar-refractivity contribution < 1.29 is 5.11 Å². The van der Waals surface area contributed by atoms with Gasteiger partial charge in [-0.1, -0.05) is 43.6 Å². The van der Waals surface area contributed by atoms with Gasteiger partial charge >= 0.3 is 0 Å². The molecule has 5 heteroatoms. The smallest absolute Gasteiger partial charge is 0.262 e. The fourth-order valence-corrected chi connectivity index (χ4v) is 2.48. The van der Waals surface area contributed by atoms with Crippen LogP contribution in [0.25, 0.3) is 11.1 Å². The lowest BCUT2D eigenvalue weighted by molar-refractivity contribution is 0.444. The second-order valence-electron chi connectivity index (χ2n) is 4.64. The Kier molecular flexibility index (Phi) is 4.45. The summed E-state index contributed by atoms with van der Waals surface area (Å²) in [5.41, 5.74) is 0.231.